The minimum atomic E-state index is 0.104. The number of nitrogens with two attached hydrogens (primary N) is 1. The smallest absolute Gasteiger partial charge is 0.0495 e. The van der Waals surface area contributed by atoms with Crippen molar-refractivity contribution in [3.05, 3.63) is 28.7 Å². The third-order valence-corrected chi connectivity index (χ3v) is 4.76. The van der Waals surface area contributed by atoms with E-state index >= 15 is 0 Å². The van der Waals surface area contributed by atoms with E-state index in [1.807, 2.05) is 6.07 Å². The van der Waals surface area contributed by atoms with Gasteiger partial charge in [-0.3, -0.25) is 0 Å². The minimum Gasteiger partial charge on any atom is -0.378 e. The summed E-state index contributed by atoms with van der Waals surface area (Å²) < 4.78 is 1.11. The number of benzene rings is 1. The van der Waals surface area contributed by atoms with Crippen LogP contribution in [-0.2, 0) is 0 Å². The molecule has 0 saturated heterocycles. The van der Waals surface area contributed by atoms with Gasteiger partial charge in [0.2, 0.25) is 0 Å². The normalized spacial score (nSPS) is 28.1. The number of anilines is 1. The van der Waals surface area contributed by atoms with Crippen molar-refractivity contribution in [2.75, 3.05) is 11.9 Å². The van der Waals surface area contributed by atoms with Crippen LogP contribution in [0.1, 0.15) is 39.0 Å². The standard InChI is InChI=1S/C15H23BrN2/c1-2-12-6-8-15(11-17,9-7-12)18-14-5-3-4-13(16)10-14/h3-5,10,12,18H,2,6-9,11,17H2,1H3. The predicted molar refractivity (Wildman–Crippen MR) is 81.8 cm³/mol. The topological polar surface area (TPSA) is 38.0 Å². The van der Waals surface area contributed by atoms with Crippen molar-refractivity contribution in [3.63, 3.8) is 0 Å². The van der Waals surface area contributed by atoms with Crippen LogP contribution in [0, 0.1) is 5.92 Å². The molecule has 0 aliphatic heterocycles. The number of nitrogens with one attached hydrogen (secondary N) is 1. The second-order valence-electron chi connectivity index (χ2n) is 5.47. The lowest BCUT2D eigenvalue weighted by Crippen LogP contribution is -2.48. The molecule has 1 fully saturated rings. The van der Waals surface area contributed by atoms with Crippen LogP contribution < -0.4 is 11.1 Å². The Bertz CT molecular complexity index is 384. The van der Waals surface area contributed by atoms with E-state index in [1.54, 1.807) is 0 Å². The summed E-state index contributed by atoms with van der Waals surface area (Å²) >= 11 is 3.52. The van der Waals surface area contributed by atoms with Gasteiger partial charge in [0, 0.05) is 22.2 Å². The maximum absolute atomic E-state index is 6.04. The van der Waals surface area contributed by atoms with Gasteiger partial charge in [-0.1, -0.05) is 35.3 Å². The molecule has 0 radical (unpaired) electrons. The highest BCUT2D eigenvalue weighted by atomic mass is 79.9. The van der Waals surface area contributed by atoms with Gasteiger partial charge in [-0.25, -0.2) is 0 Å². The number of hydrogen-bond acceptors (Lipinski definition) is 2. The first-order valence-corrected chi connectivity index (χ1v) is 7.70. The molecule has 3 N–H and O–H groups in total. The van der Waals surface area contributed by atoms with E-state index in [0.29, 0.717) is 0 Å². The van der Waals surface area contributed by atoms with Crippen LogP contribution >= 0.6 is 15.9 Å². The largest absolute Gasteiger partial charge is 0.378 e. The van der Waals surface area contributed by atoms with Gasteiger partial charge in [-0.2, -0.15) is 0 Å². The summed E-state index contributed by atoms with van der Waals surface area (Å²) in [5.41, 5.74) is 7.31. The second kappa shape index (κ2) is 6.07. The minimum absolute atomic E-state index is 0.104. The fourth-order valence-corrected chi connectivity index (χ4v) is 3.29. The monoisotopic (exact) mass is 310 g/mol. The van der Waals surface area contributed by atoms with Gasteiger partial charge in [0.05, 0.1) is 0 Å². The summed E-state index contributed by atoms with van der Waals surface area (Å²) in [6.07, 6.45) is 6.28. The molecule has 100 valence electrons. The van der Waals surface area contributed by atoms with Gasteiger partial charge in [0.25, 0.3) is 0 Å². The van der Waals surface area contributed by atoms with Crippen molar-refractivity contribution in [2.24, 2.45) is 11.7 Å². The Morgan fingerprint density at radius 1 is 1.39 bits per heavy atom. The average molecular weight is 311 g/mol. The van der Waals surface area contributed by atoms with E-state index in [4.69, 9.17) is 5.73 Å². The van der Waals surface area contributed by atoms with Gasteiger partial charge in [0.1, 0.15) is 0 Å². The molecule has 0 heterocycles. The van der Waals surface area contributed by atoms with E-state index in [9.17, 15) is 0 Å². The molecule has 3 heteroatoms. The fourth-order valence-electron chi connectivity index (χ4n) is 2.89. The number of halogens is 1. The SMILES string of the molecule is CCC1CCC(CN)(Nc2cccc(Br)c2)CC1. The van der Waals surface area contributed by atoms with Crippen molar-refractivity contribution in [1.29, 1.82) is 0 Å². The molecule has 1 aromatic rings. The molecule has 0 unspecified atom stereocenters. The molecule has 0 bridgehead atoms. The zero-order valence-corrected chi connectivity index (χ0v) is 12.7. The summed E-state index contributed by atoms with van der Waals surface area (Å²) in [5.74, 6) is 0.897. The molecule has 2 nitrogen and oxygen atoms in total. The van der Waals surface area contributed by atoms with Crippen molar-refractivity contribution in [1.82, 2.24) is 0 Å². The summed E-state index contributed by atoms with van der Waals surface area (Å²) in [5, 5.41) is 3.67. The number of hydrogen-bond donors (Lipinski definition) is 2. The van der Waals surface area contributed by atoms with Gasteiger partial charge < -0.3 is 11.1 Å². The quantitative estimate of drug-likeness (QED) is 0.876. The molecule has 1 aliphatic rings. The summed E-state index contributed by atoms with van der Waals surface area (Å²) in [7, 11) is 0. The Labute approximate surface area is 118 Å². The Hall–Kier alpha value is -0.540. The maximum atomic E-state index is 6.04. The first kappa shape index (κ1) is 13.9. The van der Waals surface area contributed by atoms with Crippen molar-refractivity contribution >= 4 is 21.6 Å². The first-order chi connectivity index (χ1) is 8.67. The van der Waals surface area contributed by atoms with Crippen molar-refractivity contribution in [2.45, 2.75) is 44.6 Å². The molecular formula is C15H23BrN2. The molecular weight excluding hydrogens is 288 g/mol. The molecule has 0 amide bonds. The Morgan fingerprint density at radius 2 is 2.11 bits per heavy atom. The van der Waals surface area contributed by atoms with E-state index in [-0.39, 0.29) is 5.54 Å². The fraction of sp³-hybridized carbons (Fsp3) is 0.600. The van der Waals surface area contributed by atoms with Gasteiger partial charge in [-0.15, -0.1) is 0 Å². The maximum Gasteiger partial charge on any atom is 0.0495 e. The number of rotatable bonds is 4. The third-order valence-electron chi connectivity index (χ3n) is 4.26. The van der Waals surface area contributed by atoms with Crippen LogP contribution in [0.4, 0.5) is 5.69 Å². The summed E-state index contributed by atoms with van der Waals surface area (Å²) in [6, 6.07) is 8.36. The van der Waals surface area contributed by atoms with Crippen LogP contribution in [0.25, 0.3) is 0 Å². The molecule has 0 spiro atoms. The zero-order valence-electron chi connectivity index (χ0n) is 11.1. The Morgan fingerprint density at radius 3 is 2.67 bits per heavy atom. The predicted octanol–water partition coefficient (Wildman–Crippen LogP) is 4.16. The van der Waals surface area contributed by atoms with Crippen LogP contribution in [0.2, 0.25) is 0 Å². The van der Waals surface area contributed by atoms with Crippen LogP contribution in [0.5, 0.6) is 0 Å². The first-order valence-electron chi connectivity index (χ1n) is 6.91. The lowest BCUT2D eigenvalue weighted by molar-refractivity contribution is 0.253. The van der Waals surface area contributed by atoms with Crippen molar-refractivity contribution in [3.8, 4) is 0 Å². The molecule has 1 aliphatic carbocycles. The van der Waals surface area contributed by atoms with Gasteiger partial charge in [0.15, 0.2) is 0 Å². The molecule has 0 atom stereocenters. The van der Waals surface area contributed by atoms with E-state index in [1.165, 1.54) is 37.8 Å². The second-order valence-corrected chi connectivity index (χ2v) is 6.39. The van der Waals surface area contributed by atoms with Crippen molar-refractivity contribution < 1.29 is 0 Å². The highest BCUT2D eigenvalue weighted by Crippen LogP contribution is 2.35. The highest BCUT2D eigenvalue weighted by molar-refractivity contribution is 9.10. The van der Waals surface area contributed by atoms with Gasteiger partial charge in [-0.05, 0) is 49.8 Å². The van der Waals surface area contributed by atoms with Crippen LogP contribution in [0.3, 0.4) is 0 Å². The molecule has 2 rings (SSSR count). The Balaban J connectivity index is 2.05. The average Bonchev–Trinajstić information content (AvgIpc) is 2.39. The van der Waals surface area contributed by atoms with Crippen LogP contribution in [0.15, 0.2) is 28.7 Å². The third kappa shape index (κ3) is 3.27. The molecule has 1 aromatic carbocycles. The summed E-state index contributed by atoms with van der Waals surface area (Å²) in [4.78, 5) is 0. The lowest BCUT2D eigenvalue weighted by Gasteiger charge is -2.40. The van der Waals surface area contributed by atoms with E-state index in [0.717, 1.165) is 16.9 Å². The van der Waals surface area contributed by atoms with E-state index in [2.05, 4.69) is 46.4 Å². The lowest BCUT2D eigenvalue weighted by atomic mass is 9.75. The summed E-state index contributed by atoms with van der Waals surface area (Å²) in [6.45, 7) is 3.01. The van der Waals surface area contributed by atoms with Gasteiger partial charge >= 0.3 is 0 Å². The Kier molecular flexibility index (Phi) is 4.68. The molecule has 18 heavy (non-hydrogen) atoms. The highest BCUT2D eigenvalue weighted by Gasteiger charge is 2.33. The zero-order chi connectivity index (χ0) is 13.0. The molecule has 0 aromatic heterocycles. The molecule has 1 saturated carbocycles. The van der Waals surface area contributed by atoms with Crippen LogP contribution in [-0.4, -0.2) is 12.1 Å². The van der Waals surface area contributed by atoms with E-state index < -0.39 is 0 Å².